The van der Waals surface area contributed by atoms with Gasteiger partial charge < -0.3 is 15.4 Å². The van der Waals surface area contributed by atoms with Gasteiger partial charge in [-0.05, 0) is 39.8 Å². The molecule has 2 fully saturated rings. The van der Waals surface area contributed by atoms with Gasteiger partial charge in [0.25, 0.3) is 0 Å². The van der Waals surface area contributed by atoms with Crippen molar-refractivity contribution < 1.29 is 4.74 Å². The zero-order valence-corrected chi connectivity index (χ0v) is 10.5. The first-order chi connectivity index (χ1) is 7.59. The third-order valence-corrected chi connectivity index (χ3v) is 4.38. The summed E-state index contributed by atoms with van der Waals surface area (Å²) < 4.78 is 5.74. The van der Waals surface area contributed by atoms with E-state index in [0.29, 0.717) is 6.04 Å². The fourth-order valence-electron chi connectivity index (χ4n) is 2.99. The van der Waals surface area contributed by atoms with Gasteiger partial charge in [0.1, 0.15) is 0 Å². The van der Waals surface area contributed by atoms with Crippen molar-refractivity contribution in [2.45, 2.75) is 44.9 Å². The van der Waals surface area contributed by atoms with Crippen LogP contribution in [0.5, 0.6) is 0 Å². The van der Waals surface area contributed by atoms with Crippen molar-refractivity contribution in [1.82, 2.24) is 4.90 Å². The van der Waals surface area contributed by atoms with E-state index in [4.69, 9.17) is 10.5 Å². The summed E-state index contributed by atoms with van der Waals surface area (Å²) in [5.41, 5.74) is 6.52. The Labute approximate surface area is 98.6 Å². The molecule has 0 unspecified atom stereocenters. The first-order valence-corrected chi connectivity index (χ1v) is 6.33. The van der Waals surface area contributed by atoms with Crippen molar-refractivity contribution in [2.24, 2.45) is 11.1 Å². The summed E-state index contributed by atoms with van der Waals surface area (Å²) in [6.07, 6.45) is 4.24. The number of piperidine rings is 1. The van der Waals surface area contributed by atoms with Gasteiger partial charge in [-0.25, -0.2) is 0 Å². The summed E-state index contributed by atoms with van der Waals surface area (Å²) >= 11 is 0. The largest absolute Gasteiger partial charge is 0.372 e. The smallest absolute Gasteiger partial charge is 0.0910 e. The highest BCUT2D eigenvalue weighted by molar-refractivity contribution is 5.06. The predicted octanol–water partition coefficient (Wildman–Crippen LogP) is 1.39. The van der Waals surface area contributed by atoms with Crippen LogP contribution in [0.2, 0.25) is 0 Å². The predicted molar refractivity (Wildman–Crippen MR) is 66.3 cm³/mol. The molecule has 2 N–H and O–H groups in total. The van der Waals surface area contributed by atoms with Crippen molar-refractivity contribution in [3.8, 4) is 0 Å². The number of nitrogens with zero attached hydrogens (tertiary/aromatic N) is 1. The number of rotatable bonds is 2. The molecule has 2 heterocycles. The zero-order valence-electron chi connectivity index (χ0n) is 10.5. The van der Waals surface area contributed by atoms with Gasteiger partial charge in [-0.3, -0.25) is 0 Å². The van der Waals surface area contributed by atoms with Gasteiger partial charge >= 0.3 is 0 Å². The summed E-state index contributed by atoms with van der Waals surface area (Å²) in [6, 6.07) is 0.783. The van der Waals surface area contributed by atoms with Gasteiger partial charge in [0.05, 0.1) is 12.7 Å². The number of hydrogen-bond acceptors (Lipinski definition) is 3. The molecule has 2 aliphatic heterocycles. The maximum Gasteiger partial charge on any atom is 0.0910 e. The lowest BCUT2D eigenvalue weighted by Gasteiger charge is -2.42. The van der Waals surface area contributed by atoms with Crippen LogP contribution in [0.4, 0.5) is 0 Å². The Morgan fingerprint density at radius 1 is 1.44 bits per heavy atom. The SMILES string of the molecule is C=C[C@@H]1OCC2(CCN(C(C)C)CC2)[C@H]1N. The third kappa shape index (κ3) is 1.92. The van der Waals surface area contributed by atoms with Gasteiger partial charge in [0.2, 0.25) is 0 Å². The fraction of sp³-hybridized carbons (Fsp3) is 0.846. The van der Waals surface area contributed by atoms with E-state index in [2.05, 4.69) is 25.3 Å². The quantitative estimate of drug-likeness (QED) is 0.720. The van der Waals surface area contributed by atoms with E-state index in [0.717, 1.165) is 32.5 Å². The average Bonchev–Trinajstić information content (AvgIpc) is 2.58. The van der Waals surface area contributed by atoms with Crippen molar-refractivity contribution in [2.75, 3.05) is 19.7 Å². The highest BCUT2D eigenvalue weighted by Gasteiger charge is 2.48. The number of nitrogens with two attached hydrogens (primary N) is 1. The lowest BCUT2D eigenvalue weighted by Crippen LogP contribution is -2.51. The topological polar surface area (TPSA) is 38.5 Å². The van der Waals surface area contributed by atoms with E-state index < -0.39 is 0 Å². The maximum atomic E-state index is 6.31. The minimum Gasteiger partial charge on any atom is -0.372 e. The zero-order chi connectivity index (χ0) is 11.8. The molecule has 3 heteroatoms. The Balaban J connectivity index is 2.00. The molecule has 0 aromatic rings. The Kier molecular flexibility index (Phi) is 3.38. The van der Waals surface area contributed by atoms with Crippen LogP contribution in [-0.4, -0.2) is 42.8 Å². The summed E-state index contributed by atoms with van der Waals surface area (Å²) in [6.45, 7) is 11.4. The molecular weight excluding hydrogens is 200 g/mol. The Morgan fingerprint density at radius 3 is 2.50 bits per heavy atom. The minimum atomic E-state index is 0.0607. The molecule has 0 aliphatic carbocycles. The van der Waals surface area contributed by atoms with Crippen LogP contribution >= 0.6 is 0 Å². The number of hydrogen-bond donors (Lipinski definition) is 1. The molecule has 2 rings (SSSR count). The molecule has 0 amide bonds. The van der Waals surface area contributed by atoms with E-state index in [1.807, 2.05) is 6.08 Å². The molecule has 0 radical (unpaired) electrons. The number of likely N-dealkylation sites (tertiary alicyclic amines) is 1. The Hall–Kier alpha value is -0.380. The standard InChI is InChI=1S/C13H24N2O/c1-4-11-12(14)13(9-16-11)5-7-15(8-6-13)10(2)3/h4,10-12H,1,5-9,14H2,2-3H3/t11-,12-/m0/s1. The summed E-state index contributed by atoms with van der Waals surface area (Å²) in [7, 11) is 0. The van der Waals surface area contributed by atoms with Gasteiger partial charge in [-0.1, -0.05) is 6.08 Å². The van der Waals surface area contributed by atoms with E-state index >= 15 is 0 Å². The first-order valence-electron chi connectivity index (χ1n) is 6.33. The van der Waals surface area contributed by atoms with Crippen LogP contribution in [0.3, 0.4) is 0 Å². The van der Waals surface area contributed by atoms with Crippen LogP contribution in [0.25, 0.3) is 0 Å². The van der Waals surface area contributed by atoms with Crippen LogP contribution in [-0.2, 0) is 4.74 Å². The fourth-order valence-corrected chi connectivity index (χ4v) is 2.99. The molecule has 92 valence electrons. The van der Waals surface area contributed by atoms with Crippen LogP contribution in [0.1, 0.15) is 26.7 Å². The third-order valence-electron chi connectivity index (χ3n) is 4.38. The van der Waals surface area contributed by atoms with Crippen molar-refractivity contribution >= 4 is 0 Å². The van der Waals surface area contributed by atoms with Crippen LogP contribution < -0.4 is 5.73 Å². The van der Waals surface area contributed by atoms with E-state index in [-0.39, 0.29) is 17.6 Å². The van der Waals surface area contributed by atoms with E-state index in [9.17, 15) is 0 Å². The molecule has 0 saturated carbocycles. The number of ether oxygens (including phenoxy) is 1. The highest BCUT2D eigenvalue weighted by atomic mass is 16.5. The highest BCUT2D eigenvalue weighted by Crippen LogP contribution is 2.41. The summed E-state index contributed by atoms with van der Waals surface area (Å²) in [5.74, 6) is 0. The summed E-state index contributed by atoms with van der Waals surface area (Å²) in [4.78, 5) is 2.53. The molecule has 0 bridgehead atoms. The van der Waals surface area contributed by atoms with E-state index in [1.54, 1.807) is 0 Å². The van der Waals surface area contributed by atoms with Crippen molar-refractivity contribution in [1.29, 1.82) is 0 Å². The van der Waals surface area contributed by atoms with Crippen molar-refractivity contribution in [3.05, 3.63) is 12.7 Å². The Bertz CT molecular complexity index is 257. The van der Waals surface area contributed by atoms with Crippen LogP contribution in [0.15, 0.2) is 12.7 Å². The molecule has 0 aromatic heterocycles. The monoisotopic (exact) mass is 224 g/mol. The first kappa shape index (κ1) is 12.1. The lowest BCUT2D eigenvalue weighted by molar-refractivity contribution is 0.0586. The molecular formula is C13H24N2O. The molecule has 3 nitrogen and oxygen atoms in total. The van der Waals surface area contributed by atoms with Crippen molar-refractivity contribution in [3.63, 3.8) is 0 Å². The maximum absolute atomic E-state index is 6.31. The minimum absolute atomic E-state index is 0.0607. The van der Waals surface area contributed by atoms with Gasteiger partial charge in [0, 0.05) is 17.5 Å². The van der Waals surface area contributed by atoms with Gasteiger partial charge in [0.15, 0.2) is 0 Å². The second kappa shape index (κ2) is 4.47. The molecule has 2 aliphatic rings. The molecule has 2 atom stereocenters. The molecule has 0 aromatic carbocycles. The average molecular weight is 224 g/mol. The second-order valence-electron chi connectivity index (χ2n) is 5.53. The lowest BCUT2D eigenvalue weighted by atomic mass is 9.73. The second-order valence-corrected chi connectivity index (χ2v) is 5.53. The molecule has 1 spiro atoms. The van der Waals surface area contributed by atoms with Crippen LogP contribution in [0, 0.1) is 5.41 Å². The normalized spacial score (nSPS) is 34.8. The Morgan fingerprint density at radius 2 is 2.06 bits per heavy atom. The van der Waals surface area contributed by atoms with Gasteiger partial charge in [-0.15, -0.1) is 6.58 Å². The molecule has 2 saturated heterocycles. The van der Waals surface area contributed by atoms with Gasteiger partial charge in [-0.2, -0.15) is 0 Å². The molecule has 16 heavy (non-hydrogen) atoms. The van der Waals surface area contributed by atoms with E-state index in [1.165, 1.54) is 0 Å². The summed E-state index contributed by atoms with van der Waals surface area (Å²) in [5, 5.41) is 0.